The largest absolute Gasteiger partial charge is 0.497 e. The van der Waals surface area contributed by atoms with Crippen LogP contribution >= 0.6 is 12.2 Å². The third-order valence-corrected chi connectivity index (χ3v) is 4.17. The molecule has 0 bridgehead atoms. The normalized spacial score (nSPS) is 10.8. The summed E-state index contributed by atoms with van der Waals surface area (Å²) in [6.45, 7) is 2.56. The Morgan fingerprint density at radius 1 is 1.14 bits per heavy atom. The fourth-order valence-electron chi connectivity index (χ4n) is 2.55. The van der Waals surface area contributed by atoms with Gasteiger partial charge in [-0.3, -0.25) is 0 Å². The maximum atomic E-state index is 5.47. The number of benzene rings is 2. The zero-order valence-corrected chi connectivity index (χ0v) is 16.6. The maximum absolute atomic E-state index is 5.47. The number of methoxy groups -OCH3 is 2. The number of ether oxygens (including phenoxy) is 3. The van der Waals surface area contributed by atoms with Crippen LogP contribution in [0.4, 0.5) is 0 Å². The van der Waals surface area contributed by atoms with Gasteiger partial charge in [0.25, 0.3) is 0 Å². The second-order valence-electron chi connectivity index (χ2n) is 5.61. The summed E-state index contributed by atoms with van der Waals surface area (Å²) in [6, 6.07) is 13.0. The van der Waals surface area contributed by atoms with E-state index in [2.05, 4.69) is 20.8 Å². The van der Waals surface area contributed by atoms with E-state index >= 15 is 0 Å². The van der Waals surface area contributed by atoms with Crippen LogP contribution in [-0.2, 0) is 0 Å². The van der Waals surface area contributed by atoms with E-state index < -0.39 is 0 Å². The molecular weight excluding hydrogens is 378 g/mol. The van der Waals surface area contributed by atoms with Crippen LogP contribution in [0, 0.1) is 4.77 Å². The zero-order valence-electron chi connectivity index (χ0n) is 15.8. The highest BCUT2D eigenvalue weighted by Gasteiger charge is 2.09. The number of aromatic nitrogens is 3. The molecule has 1 aromatic heterocycles. The molecule has 8 nitrogen and oxygen atoms in total. The lowest BCUT2D eigenvalue weighted by atomic mass is 10.2. The molecule has 0 aliphatic heterocycles. The van der Waals surface area contributed by atoms with E-state index in [0.717, 1.165) is 16.9 Å². The average molecular weight is 399 g/mol. The van der Waals surface area contributed by atoms with Crippen LogP contribution in [0.15, 0.2) is 47.6 Å². The van der Waals surface area contributed by atoms with Crippen LogP contribution < -0.4 is 19.7 Å². The molecule has 3 aromatic rings. The van der Waals surface area contributed by atoms with Crippen molar-refractivity contribution in [3.05, 3.63) is 52.8 Å². The van der Waals surface area contributed by atoms with Gasteiger partial charge >= 0.3 is 0 Å². The highest BCUT2D eigenvalue weighted by molar-refractivity contribution is 7.71. The molecule has 0 atom stereocenters. The van der Waals surface area contributed by atoms with Crippen molar-refractivity contribution in [2.75, 3.05) is 26.4 Å². The molecule has 0 aliphatic rings. The molecule has 0 fully saturated rings. The van der Waals surface area contributed by atoms with Crippen LogP contribution in [0.2, 0.25) is 0 Å². The van der Waals surface area contributed by atoms with Crippen LogP contribution in [-0.4, -0.2) is 41.9 Å². The van der Waals surface area contributed by atoms with Crippen LogP contribution in [0.25, 0.3) is 11.4 Å². The van der Waals surface area contributed by atoms with Gasteiger partial charge in [-0.2, -0.15) is 14.9 Å². The SMILES string of the molecule is CCOc1ccc(-c2n[nH]c(=S)n2N/N=C\c2cc(OC)ccc2OC)cc1. The van der Waals surface area contributed by atoms with Gasteiger partial charge in [0.2, 0.25) is 4.77 Å². The third-order valence-electron chi connectivity index (χ3n) is 3.89. The molecule has 0 unspecified atom stereocenters. The number of nitrogens with zero attached hydrogens (tertiary/aromatic N) is 3. The van der Waals surface area contributed by atoms with Gasteiger partial charge < -0.3 is 14.2 Å². The highest BCUT2D eigenvalue weighted by Crippen LogP contribution is 2.23. The Hall–Kier alpha value is -3.33. The van der Waals surface area contributed by atoms with Gasteiger partial charge in [0.05, 0.1) is 27.0 Å². The fourth-order valence-corrected chi connectivity index (χ4v) is 2.72. The van der Waals surface area contributed by atoms with Gasteiger partial charge in [-0.1, -0.05) is 0 Å². The summed E-state index contributed by atoms with van der Waals surface area (Å²) in [7, 11) is 3.21. The molecule has 3 rings (SSSR count). The molecule has 0 saturated heterocycles. The Morgan fingerprint density at radius 3 is 2.57 bits per heavy atom. The maximum Gasteiger partial charge on any atom is 0.216 e. The molecule has 0 spiro atoms. The highest BCUT2D eigenvalue weighted by atomic mass is 32.1. The number of hydrazone groups is 1. The molecular formula is C19H21N5O3S. The van der Waals surface area contributed by atoms with Gasteiger partial charge in [0.1, 0.15) is 17.2 Å². The first kappa shape index (κ1) is 19.4. The summed E-state index contributed by atoms with van der Waals surface area (Å²) in [4.78, 5) is 0. The number of aromatic amines is 1. The number of hydrogen-bond acceptors (Lipinski definition) is 7. The zero-order chi connectivity index (χ0) is 19.9. The van der Waals surface area contributed by atoms with Crippen LogP contribution in [0.1, 0.15) is 12.5 Å². The summed E-state index contributed by atoms with van der Waals surface area (Å²) < 4.78 is 18.0. The standard InChI is InChI=1S/C19H21N5O3S/c1-4-27-15-7-5-13(6-8-15)18-21-22-19(28)24(18)23-20-12-14-11-16(25-2)9-10-17(14)26-3/h5-12,23H,4H2,1-3H3,(H,22,28)/b20-12-. The Labute approximate surface area is 167 Å². The van der Waals surface area contributed by atoms with Crippen molar-refractivity contribution in [3.8, 4) is 28.6 Å². The summed E-state index contributed by atoms with van der Waals surface area (Å²) in [5.74, 6) is 2.77. The van der Waals surface area contributed by atoms with Crippen molar-refractivity contribution in [2.24, 2.45) is 5.10 Å². The predicted octanol–water partition coefficient (Wildman–Crippen LogP) is 3.60. The average Bonchev–Trinajstić information content (AvgIpc) is 3.09. The molecule has 0 radical (unpaired) electrons. The van der Waals surface area contributed by atoms with E-state index in [-0.39, 0.29) is 0 Å². The van der Waals surface area contributed by atoms with E-state index in [9.17, 15) is 0 Å². The molecule has 2 N–H and O–H groups in total. The van der Waals surface area contributed by atoms with Crippen molar-refractivity contribution < 1.29 is 14.2 Å². The minimum absolute atomic E-state index is 0.388. The van der Waals surface area contributed by atoms with Gasteiger partial charge in [0, 0.05) is 11.1 Å². The van der Waals surface area contributed by atoms with Gasteiger partial charge in [-0.05, 0) is 61.6 Å². The second kappa shape index (κ2) is 9.05. The summed E-state index contributed by atoms with van der Waals surface area (Å²) in [5, 5.41) is 11.3. The van der Waals surface area contributed by atoms with Crippen molar-refractivity contribution in [2.45, 2.75) is 6.92 Å². The molecule has 0 aliphatic carbocycles. The van der Waals surface area contributed by atoms with Gasteiger partial charge in [-0.25, -0.2) is 10.6 Å². The lowest BCUT2D eigenvalue weighted by molar-refractivity contribution is 0.340. The monoisotopic (exact) mass is 399 g/mol. The Morgan fingerprint density at radius 2 is 1.89 bits per heavy atom. The van der Waals surface area contributed by atoms with E-state index in [1.807, 2.05) is 49.4 Å². The van der Waals surface area contributed by atoms with E-state index in [0.29, 0.717) is 28.7 Å². The molecule has 146 valence electrons. The molecule has 28 heavy (non-hydrogen) atoms. The lowest BCUT2D eigenvalue weighted by Crippen LogP contribution is -2.11. The summed E-state index contributed by atoms with van der Waals surface area (Å²) >= 11 is 5.30. The number of rotatable bonds is 8. The molecule has 0 saturated carbocycles. The third kappa shape index (κ3) is 4.32. The first-order valence-electron chi connectivity index (χ1n) is 8.58. The fraction of sp³-hybridized carbons (Fsp3) is 0.211. The number of hydrogen-bond donors (Lipinski definition) is 2. The van der Waals surface area contributed by atoms with Crippen LogP contribution in [0.5, 0.6) is 17.2 Å². The smallest absolute Gasteiger partial charge is 0.216 e. The summed E-state index contributed by atoms with van der Waals surface area (Å²) in [5.41, 5.74) is 4.51. The Balaban J connectivity index is 1.83. The molecule has 9 heteroatoms. The Bertz CT molecular complexity index is 1010. The van der Waals surface area contributed by atoms with E-state index in [1.165, 1.54) is 0 Å². The second-order valence-corrected chi connectivity index (χ2v) is 6.00. The summed E-state index contributed by atoms with van der Waals surface area (Å²) in [6.07, 6.45) is 1.62. The van der Waals surface area contributed by atoms with Crippen molar-refractivity contribution in [1.29, 1.82) is 0 Å². The number of nitrogens with one attached hydrogen (secondary N) is 2. The minimum atomic E-state index is 0.388. The minimum Gasteiger partial charge on any atom is -0.497 e. The Kier molecular flexibility index (Phi) is 6.28. The first-order chi connectivity index (χ1) is 13.7. The quantitative estimate of drug-likeness (QED) is 0.342. The van der Waals surface area contributed by atoms with Gasteiger partial charge in [-0.15, -0.1) is 0 Å². The molecule has 1 heterocycles. The van der Waals surface area contributed by atoms with E-state index in [1.54, 1.807) is 25.1 Å². The van der Waals surface area contributed by atoms with Crippen molar-refractivity contribution in [3.63, 3.8) is 0 Å². The lowest BCUT2D eigenvalue weighted by Gasteiger charge is -2.08. The number of H-pyrrole nitrogens is 1. The van der Waals surface area contributed by atoms with Crippen LogP contribution in [0.3, 0.4) is 0 Å². The van der Waals surface area contributed by atoms with E-state index in [4.69, 9.17) is 26.4 Å². The molecule has 2 aromatic carbocycles. The predicted molar refractivity (Wildman–Crippen MR) is 111 cm³/mol. The van der Waals surface area contributed by atoms with Gasteiger partial charge in [0.15, 0.2) is 5.82 Å². The van der Waals surface area contributed by atoms with Crippen molar-refractivity contribution in [1.82, 2.24) is 14.9 Å². The topological polar surface area (TPSA) is 85.7 Å². The molecule has 0 amide bonds. The van der Waals surface area contributed by atoms with Crippen molar-refractivity contribution >= 4 is 18.4 Å². The first-order valence-corrected chi connectivity index (χ1v) is 8.98.